The molecule has 8 nitrogen and oxygen atoms in total. The molecule has 8 heteroatoms. The van der Waals surface area contributed by atoms with Crippen molar-refractivity contribution in [1.82, 2.24) is 34.5 Å². The highest BCUT2D eigenvalue weighted by atomic mass is 15.4. The van der Waals surface area contributed by atoms with E-state index in [0.29, 0.717) is 17.6 Å². The lowest BCUT2D eigenvalue weighted by atomic mass is 10.0. The smallest absolute Gasteiger partial charge is 0.159 e. The van der Waals surface area contributed by atoms with Crippen LogP contribution in [0.1, 0.15) is 36.6 Å². The lowest BCUT2D eigenvalue weighted by Crippen LogP contribution is -2.09. The molecule has 35 heavy (non-hydrogen) atoms. The predicted octanol–water partition coefficient (Wildman–Crippen LogP) is 5.41. The molecule has 1 aliphatic rings. The van der Waals surface area contributed by atoms with E-state index in [-0.39, 0.29) is 0 Å². The average Bonchev–Trinajstić information content (AvgIpc) is 3.55. The number of hydrogen-bond acceptors (Lipinski definition) is 6. The molecule has 0 bridgehead atoms. The quantitative estimate of drug-likeness (QED) is 0.347. The zero-order valence-corrected chi connectivity index (χ0v) is 20.2. The molecule has 4 aromatic heterocycles. The highest BCUT2D eigenvalue weighted by molar-refractivity contribution is 5.82. The summed E-state index contributed by atoms with van der Waals surface area (Å²) in [7, 11) is 0. The van der Waals surface area contributed by atoms with Crippen molar-refractivity contribution in [1.29, 1.82) is 0 Å². The van der Waals surface area contributed by atoms with Gasteiger partial charge in [-0.3, -0.25) is 4.98 Å². The van der Waals surface area contributed by atoms with Gasteiger partial charge in [-0.25, -0.2) is 19.3 Å². The van der Waals surface area contributed by atoms with Crippen LogP contribution in [-0.2, 0) is 13.0 Å². The number of rotatable bonds is 7. The molecule has 4 heterocycles. The van der Waals surface area contributed by atoms with Crippen LogP contribution in [0.3, 0.4) is 0 Å². The van der Waals surface area contributed by atoms with Crippen molar-refractivity contribution in [3.63, 3.8) is 0 Å². The second kappa shape index (κ2) is 8.61. The number of anilines is 2. The Kier molecular flexibility index (Phi) is 5.28. The Hall–Kier alpha value is -4.07. The molecule has 1 aromatic carbocycles. The number of fused-ring (bicyclic) bond motifs is 1. The Bertz CT molecular complexity index is 1510. The Labute approximate surface area is 204 Å². The van der Waals surface area contributed by atoms with Crippen LogP contribution < -0.4 is 5.32 Å². The maximum Gasteiger partial charge on any atom is 0.159 e. The van der Waals surface area contributed by atoms with Gasteiger partial charge in [0, 0.05) is 35.3 Å². The molecule has 0 amide bonds. The van der Waals surface area contributed by atoms with E-state index in [9.17, 15) is 0 Å². The van der Waals surface area contributed by atoms with E-state index in [4.69, 9.17) is 10.2 Å². The van der Waals surface area contributed by atoms with E-state index in [1.54, 1.807) is 12.5 Å². The summed E-state index contributed by atoms with van der Waals surface area (Å²) in [6.45, 7) is 7.19. The minimum Gasteiger partial charge on any atom is -0.325 e. The standard InChI is InChI=1S/C27H28N8/c1-4-21-26(20-9-5-17(2)6-10-20)33-34(15-19-7-8-19)27(21)31-24-13-25(30-16-29-24)35-23-14-28-12-11-22(23)18(3)32-35/h5-6,9-14,16,19H,4,7-8,15H2,1-3H3,(H,29,30,31). The van der Waals surface area contributed by atoms with Crippen LogP contribution >= 0.6 is 0 Å². The zero-order valence-electron chi connectivity index (χ0n) is 20.2. The fourth-order valence-corrected chi connectivity index (χ4v) is 4.54. The van der Waals surface area contributed by atoms with Gasteiger partial charge in [-0.1, -0.05) is 36.8 Å². The zero-order chi connectivity index (χ0) is 23.9. The summed E-state index contributed by atoms with van der Waals surface area (Å²) in [4.78, 5) is 13.3. The largest absolute Gasteiger partial charge is 0.325 e. The number of nitrogens with one attached hydrogen (secondary N) is 1. The van der Waals surface area contributed by atoms with Crippen LogP contribution in [0.2, 0.25) is 0 Å². The van der Waals surface area contributed by atoms with Crippen LogP contribution in [-0.4, -0.2) is 34.5 Å². The van der Waals surface area contributed by atoms with Crippen molar-refractivity contribution in [2.75, 3.05) is 5.32 Å². The summed E-state index contributed by atoms with van der Waals surface area (Å²) < 4.78 is 3.95. The van der Waals surface area contributed by atoms with Gasteiger partial charge >= 0.3 is 0 Å². The summed E-state index contributed by atoms with van der Waals surface area (Å²) in [5.74, 6) is 3.10. The van der Waals surface area contributed by atoms with E-state index in [0.717, 1.165) is 46.6 Å². The van der Waals surface area contributed by atoms with Crippen LogP contribution in [0, 0.1) is 19.8 Å². The molecular weight excluding hydrogens is 436 g/mol. The summed E-state index contributed by atoms with van der Waals surface area (Å²) >= 11 is 0. The van der Waals surface area contributed by atoms with Crippen molar-refractivity contribution in [2.45, 2.75) is 46.6 Å². The molecule has 1 N–H and O–H groups in total. The van der Waals surface area contributed by atoms with Crippen molar-refractivity contribution >= 4 is 22.5 Å². The molecule has 0 radical (unpaired) electrons. The molecular formula is C27H28N8. The molecule has 0 saturated heterocycles. The van der Waals surface area contributed by atoms with Gasteiger partial charge < -0.3 is 5.32 Å². The van der Waals surface area contributed by atoms with Gasteiger partial charge in [0.2, 0.25) is 0 Å². The molecule has 1 fully saturated rings. The highest BCUT2D eigenvalue weighted by Crippen LogP contribution is 2.36. The Balaban J connectivity index is 1.41. The van der Waals surface area contributed by atoms with Gasteiger partial charge in [-0.15, -0.1) is 0 Å². The number of aryl methyl sites for hydroxylation is 2. The van der Waals surface area contributed by atoms with Gasteiger partial charge in [-0.2, -0.15) is 10.2 Å². The second-order valence-corrected chi connectivity index (χ2v) is 9.30. The first-order valence-corrected chi connectivity index (χ1v) is 12.2. The van der Waals surface area contributed by atoms with E-state index in [1.165, 1.54) is 24.0 Å². The molecule has 1 saturated carbocycles. The van der Waals surface area contributed by atoms with E-state index in [1.807, 2.05) is 29.9 Å². The van der Waals surface area contributed by atoms with Crippen molar-refractivity contribution in [2.24, 2.45) is 5.92 Å². The highest BCUT2D eigenvalue weighted by Gasteiger charge is 2.26. The van der Waals surface area contributed by atoms with Gasteiger partial charge in [0.1, 0.15) is 18.0 Å². The van der Waals surface area contributed by atoms with Gasteiger partial charge in [-0.05, 0) is 45.1 Å². The SMILES string of the molecule is CCc1c(-c2ccc(C)cc2)nn(CC2CC2)c1Nc1cc(-n2nc(C)c3ccncc32)ncn1. The molecule has 0 aliphatic heterocycles. The van der Waals surface area contributed by atoms with Crippen LogP contribution in [0.4, 0.5) is 11.6 Å². The molecule has 0 spiro atoms. The van der Waals surface area contributed by atoms with Gasteiger partial charge in [0.15, 0.2) is 5.82 Å². The van der Waals surface area contributed by atoms with Crippen LogP contribution in [0.5, 0.6) is 0 Å². The maximum absolute atomic E-state index is 5.07. The van der Waals surface area contributed by atoms with Crippen molar-refractivity contribution < 1.29 is 0 Å². The third-order valence-corrected chi connectivity index (χ3v) is 6.64. The summed E-state index contributed by atoms with van der Waals surface area (Å²) in [6, 6.07) is 12.5. The van der Waals surface area contributed by atoms with Crippen LogP contribution in [0.15, 0.2) is 55.1 Å². The number of aromatic nitrogens is 7. The topological polar surface area (TPSA) is 86.3 Å². The lowest BCUT2D eigenvalue weighted by molar-refractivity contribution is 0.571. The first kappa shape index (κ1) is 21.5. The number of benzene rings is 1. The third kappa shape index (κ3) is 4.05. The van der Waals surface area contributed by atoms with E-state index in [2.05, 4.69) is 63.1 Å². The number of pyridine rings is 1. The minimum absolute atomic E-state index is 0.692. The predicted molar refractivity (Wildman–Crippen MR) is 137 cm³/mol. The summed E-state index contributed by atoms with van der Waals surface area (Å²) in [5.41, 5.74) is 6.47. The number of nitrogens with zero attached hydrogens (tertiary/aromatic N) is 7. The normalized spacial score (nSPS) is 13.5. The molecule has 5 aromatic rings. The monoisotopic (exact) mass is 464 g/mol. The lowest BCUT2D eigenvalue weighted by Gasteiger charge is -2.12. The van der Waals surface area contributed by atoms with Crippen molar-refractivity contribution in [3.8, 4) is 17.1 Å². The molecule has 1 aliphatic carbocycles. The van der Waals surface area contributed by atoms with Crippen molar-refractivity contribution in [3.05, 3.63) is 71.9 Å². The molecule has 6 rings (SSSR count). The van der Waals surface area contributed by atoms with E-state index < -0.39 is 0 Å². The molecule has 0 unspecified atom stereocenters. The fourth-order valence-electron chi connectivity index (χ4n) is 4.54. The summed E-state index contributed by atoms with van der Waals surface area (Å²) in [5, 5.41) is 14.4. The fraction of sp³-hybridized carbons (Fsp3) is 0.296. The molecule has 0 atom stereocenters. The van der Waals surface area contributed by atoms with Gasteiger partial charge in [0.25, 0.3) is 0 Å². The average molecular weight is 465 g/mol. The Morgan fingerprint density at radius 3 is 2.63 bits per heavy atom. The van der Waals surface area contributed by atoms with Crippen LogP contribution in [0.25, 0.3) is 28.0 Å². The third-order valence-electron chi connectivity index (χ3n) is 6.64. The maximum atomic E-state index is 5.07. The second-order valence-electron chi connectivity index (χ2n) is 9.30. The van der Waals surface area contributed by atoms with Gasteiger partial charge in [0.05, 0.1) is 23.1 Å². The first-order chi connectivity index (χ1) is 17.1. The summed E-state index contributed by atoms with van der Waals surface area (Å²) in [6.07, 6.45) is 8.56. The first-order valence-electron chi connectivity index (χ1n) is 12.2. The minimum atomic E-state index is 0.692. The van der Waals surface area contributed by atoms with E-state index >= 15 is 0 Å². The Morgan fingerprint density at radius 1 is 1.03 bits per heavy atom. The Morgan fingerprint density at radius 2 is 1.86 bits per heavy atom. The molecule has 176 valence electrons. The number of hydrogen-bond donors (Lipinski definition) is 1.